The summed E-state index contributed by atoms with van der Waals surface area (Å²) in [4.78, 5) is 14.1. The van der Waals surface area contributed by atoms with Crippen LogP contribution in [0.1, 0.15) is 12.0 Å². The molecule has 1 aliphatic heterocycles. The fourth-order valence-corrected chi connectivity index (χ4v) is 3.04. The van der Waals surface area contributed by atoms with Crippen LogP contribution in [-0.2, 0) is 11.2 Å². The van der Waals surface area contributed by atoms with Gasteiger partial charge in [0, 0.05) is 18.3 Å². The summed E-state index contributed by atoms with van der Waals surface area (Å²) in [6, 6.07) is 17.1. The number of ether oxygens (including phenoxy) is 2. The summed E-state index contributed by atoms with van der Waals surface area (Å²) in [6.07, 6.45) is 1.89. The number of anilines is 1. The lowest BCUT2D eigenvalue weighted by molar-refractivity contribution is -0.00485. The molecule has 0 unspecified atom stereocenters. The van der Waals surface area contributed by atoms with Crippen molar-refractivity contribution in [2.45, 2.75) is 18.9 Å². The molecule has 0 aromatic heterocycles. The van der Waals surface area contributed by atoms with Crippen LogP contribution in [-0.4, -0.2) is 55.1 Å². The molecule has 3 rings (SSSR count). The number of hydrogen-bond donors (Lipinski definition) is 2. The zero-order chi connectivity index (χ0) is 18.9. The molecular weight excluding hydrogens is 344 g/mol. The Morgan fingerprint density at radius 3 is 2.89 bits per heavy atom. The smallest absolute Gasteiger partial charge is 0.322 e. The highest BCUT2D eigenvalue weighted by Gasteiger charge is 2.26. The van der Waals surface area contributed by atoms with Crippen LogP contribution in [0.3, 0.4) is 0 Å². The average Bonchev–Trinajstić information content (AvgIpc) is 2.72. The molecule has 1 saturated heterocycles. The van der Waals surface area contributed by atoms with Crippen molar-refractivity contribution in [1.82, 2.24) is 4.90 Å². The van der Waals surface area contributed by atoms with Crippen LogP contribution < -0.4 is 10.1 Å². The van der Waals surface area contributed by atoms with E-state index in [1.54, 1.807) is 4.90 Å². The predicted octanol–water partition coefficient (Wildman–Crippen LogP) is 2.92. The number of carbonyl (C=O) groups excluding carboxylic acids is 1. The summed E-state index contributed by atoms with van der Waals surface area (Å²) in [7, 11) is 0. The Bertz CT molecular complexity index is 723. The van der Waals surface area contributed by atoms with Gasteiger partial charge >= 0.3 is 6.03 Å². The minimum Gasteiger partial charge on any atom is -0.494 e. The number of aliphatic hydroxyl groups excluding tert-OH is 1. The van der Waals surface area contributed by atoms with Crippen molar-refractivity contribution in [2.24, 2.45) is 0 Å². The lowest BCUT2D eigenvalue weighted by atomic mass is 10.1. The van der Waals surface area contributed by atoms with E-state index in [2.05, 4.69) is 17.4 Å². The first kappa shape index (κ1) is 19.2. The number of rotatable bonds is 7. The predicted molar refractivity (Wildman–Crippen MR) is 104 cm³/mol. The van der Waals surface area contributed by atoms with E-state index in [0.717, 1.165) is 18.6 Å². The molecule has 0 saturated carbocycles. The third-order valence-corrected chi connectivity index (χ3v) is 4.51. The third-order valence-electron chi connectivity index (χ3n) is 4.51. The van der Waals surface area contributed by atoms with E-state index in [9.17, 15) is 9.90 Å². The number of aryl methyl sites for hydroxylation is 1. The van der Waals surface area contributed by atoms with Gasteiger partial charge in [0.15, 0.2) is 0 Å². The van der Waals surface area contributed by atoms with E-state index in [1.165, 1.54) is 5.56 Å². The number of benzene rings is 2. The number of nitrogens with zero attached hydrogens (tertiary/aromatic N) is 1. The Kier molecular flexibility index (Phi) is 7.07. The first-order chi connectivity index (χ1) is 13.3. The lowest BCUT2D eigenvalue weighted by Gasteiger charge is -2.34. The van der Waals surface area contributed by atoms with Gasteiger partial charge in [-0.15, -0.1) is 0 Å². The Balaban J connectivity index is 1.48. The SMILES string of the molecule is O=C(Nc1cccc(OCCCc2ccccc2)c1)N1CCOC[C@H]1CO. The molecule has 2 aromatic rings. The lowest BCUT2D eigenvalue weighted by Crippen LogP contribution is -2.52. The molecule has 2 aromatic carbocycles. The summed E-state index contributed by atoms with van der Waals surface area (Å²) < 4.78 is 11.1. The molecule has 6 heteroatoms. The third kappa shape index (κ3) is 5.70. The van der Waals surface area contributed by atoms with Gasteiger partial charge in [-0.2, -0.15) is 0 Å². The molecule has 0 bridgehead atoms. The fraction of sp³-hybridized carbons (Fsp3) is 0.381. The van der Waals surface area contributed by atoms with E-state index in [4.69, 9.17) is 9.47 Å². The van der Waals surface area contributed by atoms with Gasteiger partial charge < -0.3 is 24.8 Å². The second kappa shape index (κ2) is 9.94. The van der Waals surface area contributed by atoms with Crippen molar-refractivity contribution in [1.29, 1.82) is 0 Å². The first-order valence-electron chi connectivity index (χ1n) is 9.29. The number of morpholine rings is 1. The van der Waals surface area contributed by atoms with Crippen molar-refractivity contribution in [3.8, 4) is 5.75 Å². The minimum atomic E-state index is -0.309. The number of urea groups is 1. The van der Waals surface area contributed by atoms with Crippen LogP contribution in [0.5, 0.6) is 5.75 Å². The molecule has 0 radical (unpaired) electrons. The van der Waals surface area contributed by atoms with Crippen LogP contribution in [0.2, 0.25) is 0 Å². The molecular formula is C21H26N2O4. The van der Waals surface area contributed by atoms with Crippen molar-refractivity contribution in [2.75, 3.05) is 38.3 Å². The number of aliphatic hydroxyl groups is 1. The number of carbonyl (C=O) groups is 1. The summed E-state index contributed by atoms with van der Waals surface area (Å²) >= 11 is 0. The molecule has 144 valence electrons. The second-order valence-electron chi connectivity index (χ2n) is 6.50. The van der Waals surface area contributed by atoms with Gasteiger partial charge in [-0.25, -0.2) is 4.79 Å². The van der Waals surface area contributed by atoms with Gasteiger partial charge in [-0.1, -0.05) is 36.4 Å². The Morgan fingerprint density at radius 2 is 2.07 bits per heavy atom. The zero-order valence-electron chi connectivity index (χ0n) is 15.3. The van der Waals surface area contributed by atoms with Gasteiger partial charge in [0.2, 0.25) is 0 Å². The largest absolute Gasteiger partial charge is 0.494 e. The van der Waals surface area contributed by atoms with Crippen LogP contribution >= 0.6 is 0 Å². The molecule has 1 fully saturated rings. The fourth-order valence-electron chi connectivity index (χ4n) is 3.04. The summed E-state index contributed by atoms with van der Waals surface area (Å²) in [5.74, 6) is 0.724. The number of amides is 2. The molecule has 6 nitrogen and oxygen atoms in total. The van der Waals surface area contributed by atoms with Gasteiger partial charge in [0.05, 0.1) is 32.5 Å². The molecule has 2 amide bonds. The van der Waals surface area contributed by atoms with Gasteiger partial charge in [0.1, 0.15) is 5.75 Å². The van der Waals surface area contributed by atoms with Crippen LogP contribution in [0.15, 0.2) is 54.6 Å². The Hall–Kier alpha value is -2.57. The molecule has 1 aliphatic rings. The normalized spacial score (nSPS) is 16.8. The summed E-state index contributed by atoms with van der Waals surface area (Å²) in [5, 5.41) is 12.3. The molecule has 0 aliphatic carbocycles. The molecule has 0 spiro atoms. The Morgan fingerprint density at radius 1 is 1.22 bits per heavy atom. The van der Waals surface area contributed by atoms with E-state index >= 15 is 0 Å². The second-order valence-corrected chi connectivity index (χ2v) is 6.50. The van der Waals surface area contributed by atoms with E-state index < -0.39 is 0 Å². The van der Waals surface area contributed by atoms with Crippen molar-refractivity contribution in [3.05, 3.63) is 60.2 Å². The maximum Gasteiger partial charge on any atom is 0.322 e. The van der Waals surface area contributed by atoms with Gasteiger partial charge in [0.25, 0.3) is 0 Å². The number of nitrogens with one attached hydrogen (secondary N) is 1. The minimum absolute atomic E-state index is 0.113. The van der Waals surface area contributed by atoms with Crippen molar-refractivity contribution in [3.63, 3.8) is 0 Å². The highest BCUT2D eigenvalue weighted by molar-refractivity contribution is 5.89. The van der Waals surface area contributed by atoms with Gasteiger partial charge in [-0.05, 0) is 30.5 Å². The molecule has 1 atom stereocenters. The van der Waals surface area contributed by atoms with Crippen LogP contribution in [0.25, 0.3) is 0 Å². The molecule has 1 heterocycles. The number of hydrogen-bond acceptors (Lipinski definition) is 4. The Labute approximate surface area is 159 Å². The van der Waals surface area contributed by atoms with E-state index in [1.807, 2.05) is 42.5 Å². The standard InChI is InChI=1S/C21H26N2O4/c24-15-19-16-26-13-11-23(19)21(25)22-18-9-4-10-20(14-18)27-12-5-8-17-6-2-1-3-7-17/h1-4,6-7,9-10,14,19,24H,5,8,11-13,15-16H2,(H,22,25)/t19-/m1/s1. The maximum absolute atomic E-state index is 12.5. The van der Waals surface area contributed by atoms with Crippen LogP contribution in [0.4, 0.5) is 10.5 Å². The molecule has 2 N–H and O–H groups in total. The summed E-state index contributed by atoms with van der Waals surface area (Å²) in [6.45, 7) is 1.80. The topological polar surface area (TPSA) is 71.0 Å². The maximum atomic E-state index is 12.5. The first-order valence-corrected chi connectivity index (χ1v) is 9.29. The van der Waals surface area contributed by atoms with Crippen LogP contribution in [0, 0.1) is 0 Å². The zero-order valence-corrected chi connectivity index (χ0v) is 15.3. The average molecular weight is 370 g/mol. The van der Waals surface area contributed by atoms with Crippen molar-refractivity contribution >= 4 is 11.7 Å². The summed E-state index contributed by atoms with van der Waals surface area (Å²) in [5.41, 5.74) is 1.97. The van der Waals surface area contributed by atoms with E-state index in [-0.39, 0.29) is 18.7 Å². The monoisotopic (exact) mass is 370 g/mol. The van der Waals surface area contributed by atoms with Gasteiger partial charge in [-0.3, -0.25) is 0 Å². The van der Waals surface area contributed by atoms with E-state index in [0.29, 0.717) is 32.1 Å². The highest BCUT2D eigenvalue weighted by Crippen LogP contribution is 2.19. The molecule has 27 heavy (non-hydrogen) atoms. The van der Waals surface area contributed by atoms with Crippen molar-refractivity contribution < 1.29 is 19.4 Å². The highest BCUT2D eigenvalue weighted by atomic mass is 16.5. The quantitative estimate of drug-likeness (QED) is 0.735.